The fourth-order valence-corrected chi connectivity index (χ4v) is 1.81. The lowest BCUT2D eigenvalue weighted by atomic mass is 10.1. The quantitative estimate of drug-likeness (QED) is 0.948. The Hall–Kier alpha value is -1.73. The summed E-state index contributed by atoms with van der Waals surface area (Å²) in [5.74, 6) is -0.267. The van der Waals surface area contributed by atoms with Crippen molar-refractivity contribution in [1.29, 1.82) is 0 Å². The SMILES string of the molecule is Cl.Cn1ncc(-c2cccc(OC(F)(F)F)c2)c1CN. The Kier molecular flexibility index (Phi) is 5.02. The van der Waals surface area contributed by atoms with Gasteiger partial charge in [0.25, 0.3) is 0 Å². The number of ether oxygens (including phenoxy) is 1. The maximum atomic E-state index is 12.2. The first-order chi connectivity index (χ1) is 8.90. The molecular weight excluding hydrogens is 295 g/mol. The minimum absolute atomic E-state index is 0. The maximum absolute atomic E-state index is 12.2. The summed E-state index contributed by atoms with van der Waals surface area (Å²) in [5.41, 5.74) is 7.61. The molecule has 0 aliphatic carbocycles. The van der Waals surface area contributed by atoms with E-state index in [2.05, 4.69) is 9.84 Å². The predicted molar refractivity (Wildman–Crippen MR) is 70.5 cm³/mol. The lowest BCUT2D eigenvalue weighted by Crippen LogP contribution is -2.17. The van der Waals surface area contributed by atoms with E-state index < -0.39 is 6.36 Å². The van der Waals surface area contributed by atoms with Crippen LogP contribution in [-0.2, 0) is 13.6 Å². The molecule has 2 rings (SSSR count). The summed E-state index contributed by atoms with van der Waals surface area (Å²) in [6.45, 7) is 0.246. The Bertz CT molecular complexity index is 584. The molecule has 1 aromatic heterocycles. The van der Waals surface area contributed by atoms with Crippen LogP contribution in [0.25, 0.3) is 11.1 Å². The zero-order valence-electron chi connectivity index (χ0n) is 10.5. The van der Waals surface area contributed by atoms with Crippen molar-refractivity contribution in [2.24, 2.45) is 12.8 Å². The van der Waals surface area contributed by atoms with Gasteiger partial charge in [0, 0.05) is 19.2 Å². The topological polar surface area (TPSA) is 53.1 Å². The van der Waals surface area contributed by atoms with Crippen molar-refractivity contribution < 1.29 is 17.9 Å². The zero-order chi connectivity index (χ0) is 14.0. The summed E-state index contributed by atoms with van der Waals surface area (Å²) in [5, 5.41) is 4.04. The van der Waals surface area contributed by atoms with Crippen molar-refractivity contribution >= 4 is 12.4 Å². The second-order valence-corrected chi connectivity index (χ2v) is 3.91. The van der Waals surface area contributed by atoms with E-state index in [1.807, 2.05) is 0 Å². The number of hydrogen-bond acceptors (Lipinski definition) is 3. The third kappa shape index (κ3) is 3.64. The van der Waals surface area contributed by atoms with E-state index in [1.54, 1.807) is 24.0 Å². The monoisotopic (exact) mass is 307 g/mol. The molecule has 2 aromatic rings. The van der Waals surface area contributed by atoms with E-state index in [1.165, 1.54) is 18.2 Å². The molecule has 0 saturated heterocycles. The number of rotatable bonds is 3. The van der Waals surface area contributed by atoms with Gasteiger partial charge in [-0.2, -0.15) is 5.10 Å². The molecule has 0 amide bonds. The highest BCUT2D eigenvalue weighted by Gasteiger charge is 2.31. The first-order valence-electron chi connectivity index (χ1n) is 5.48. The molecule has 0 unspecified atom stereocenters. The Morgan fingerprint density at radius 1 is 1.35 bits per heavy atom. The van der Waals surface area contributed by atoms with Crippen LogP contribution in [0.5, 0.6) is 5.75 Å². The fourth-order valence-electron chi connectivity index (χ4n) is 1.81. The molecular formula is C12H13ClF3N3O. The van der Waals surface area contributed by atoms with Crippen molar-refractivity contribution in [3.8, 4) is 16.9 Å². The number of hydrogen-bond donors (Lipinski definition) is 1. The molecule has 110 valence electrons. The van der Waals surface area contributed by atoms with E-state index in [4.69, 9.17) is 5.73 Å². The number of alkyl halides is 3. The van der Waals surface area contributed by atoms with E-state index in [0.29, 0.717) is 11.1 Å². The van der Waals surface area contributed by atoms with Crippen LogP contribution < -0.4 is 10.5 Å². The van der Waals surface area contributed by atoms with Crippen LogP contribution in [0.15, 0.2) is 30.5 Å². The molecule has 1 aromatic carbocycles. The van der Waals surface area contributed by atoms with Crippen LogP contribution in [0.2, 0.25) is 0 Å². The molecule has 0 atom stereocenters. The number of nitrogens with zero attached hydrogens (tertiary/aromatic N) is 2. The van der Waals surface area contributed by atoms with E-state index >= 15 is 0 Å². The molecule has 0 fully saturated rings. The maximum Gasteiger partial charge on any atom is 0.573 e. The Morgan fingerprint density at radius 2 is 2.05 bits per heavy atom. The summed E-state index contributed by atoms with van der Waals surface area (Å²) in [6, 6.07) is 5.72. The lowest BCUT2D eigenvalue weighted by Gasteiger charge is -2.10. The van der Waals surface area contributed by atoms with Crippen LogP contribution in [-0.4, -0.2) is 16.1 Å². The number of aromatic nitrogens is 2. The zero-order valence-corrected chi connectivity index (χ0v) is 11.3. The number of benzene rings is 1. The van der Waals surface area contributed by atoms with Gasteiger partial charge in [-0.15, -0.1) is 25.6 Å². The first kappa shape index (κ1) is 16.3. The summed E-state index contributed by atoms with van der Waals surface area (Å²) in [6.07, 6.45) is -3.14. The highest BCUT2D eigenvalue weighted by atomic mass is 35.5. The van der Waals surface area contributed by atoms with Gasteiger partial charge in [0.1, 0.15) is 5.75 Å². The van der Waals surface area contributed by atoms with E-state index in [9.17, 15) is 13.2 Å². The third-order valence-corrected chi connectivity index (χ3v) is 2.63. The van der Waals surface area contributed by atoms with E-state index in [0.717, 1.165) is 5.69 Å². The molecule has 0 radical (unpaired) electrons. The highest BCUT2D eigenvalue weighted by molar-refractivity contribution is 5.85. The second kappa shape index (κ2) is 6.15. The number of halogens is 4. The predicted octanol–water partition coefficient (Wildman–Crippen LogP) is 2.87. The minimum atomic E-state index is -4.70. The smallest absolute Gasteiger partial charge is 0.406 e. The van der Waals surface area contributed by atoms with Crippen molar-refractivity contribution in [2.45, 2.75) is 12.9 Å². The van der Waals surface area contributed by atoms with Crippen molar-refractivity contribution in [3.63, 3.8) is 0 Å². The number of nitrogens with two attached hydrogens (primary N) is 1. The summed E-state index contributed by atoms with van der Waals surface area (Å²) >= 11 is 0. The molecule has 0 bridgehead atoms. The molecule has 4 nitrogen and oxygen atoms in total. The van der Waals surface area contributed by atoms with Gasteiger partial charge >= 0.3 is 6.36 Å². The molecule has 0 saturated carbocycles. The van der Waals surface area contributed by atoms with E-state index in [-0.39, 0.29) is 24.7 Å². The normalized spacial score (nSPS) is 11.1. The van der Waals surface area contributed by atoms with Gasteiger partial charge in [-0.25, -0.2) is 0 Å². The Morgan fingerprint density at radius 3 is 2.65 bits per heavy atom. The van der Waals surface area contributed by atoms with Crippen molar-refractivity contribution in [1.82, 2.24) is 9.78 Å². The second-order valence-electron chi connectivity index (χ2n) is 3.91. The van der Waals surface area contributed by atoms with Gasteiger partial charge in [0.05, 0.1) is 11.9 Å². The molecule has 1 heterocycles. The third-order valence-electron chi connectivity index (χ3n) is 2.63. The van der Waals surface area contributed by atoms with Crippen molar-refractivity contribution in [3.05, 3.63) is 36.2 Å². The first-order valence-corrected chi connectivity index (χ1v) is 5.48. The van der Waals surface area contributed by atoms with Crippen molar-refractivity contribution in [2.75, 3.05) is 0 Å². The summed E-state index contributed by atoms with van der Waals surface area (Å²) < 4.78 is 42.0. The van der Waals surface area contributed by atoms with Crippen LogP contribution in [0.4, 0.5) is 13.2 Å². The number of aryl methyl sites for hydroxylation is 1. The van der Waals surface area contributed by atoms with Gasteiger partial charge in [0.2, 0.25) is 0 Å². The average molecular weight is 308 g/mol. The highest BCUT2D eigenvalue weighted by Crippen LogP contribution is 2.29. The fraction of sp³-hybridized carbons (Fsp3) is 0.250. The largest absolute Gasteiger partial charge is 0.573 e. The molecule has 0 aliphatic rings. The Balaban J connectivity index is 0.00000200. The average Bonchev–Trinajstić information content (AvgIpc) is 2.68. The van der Waals surface area contributed by atoms with Gasteiger partial charge in [-0.1, -0.05) is 12.1 Å². The van der Waals surface area contributed by atoms with Crippen LogP contribution in [0.3, 0.4) is 0 Å². The lowest BCUT2D eigenvalue weighted by molar-refractivity contribution is -0.274. The van der Waals surface area contributed by atoms with Gasteiger partial charge in [-0.3, -0.25) is 4.68 Å². The van der Waals surface area contributed by atoms with Crippen LogP contribution in [0.1, 0.15) is 5.69 Å². The van der Waals surface area contributed by atoms with Gasteiger partial charge in [0.15, 0.2) is 0 Å². The molecule has 0 aliphatic heterocycles. The van der Waals surface area contributed by atoms with Crippen LogP contribution in [0, 0.1) is 0 Å². The summed E-state index contributed by atoms with van der Waals surface area (Å²) in [7, 11) is 1.72. The molecule has 0 spiro atoms. The summed E-state index contributed by atoms with van der Waals surface area (Å²) in [4.78, 5) is 0. The van der Waals surface area contributed by atoms with Crippen LogP contribution >= 0.6 is 12.4 Å². The van der Waals surface area contributed by atoms with Gasteiger partial charge < -0.3 is 10.5 Å². The standard InChI is InChI=1S/C12H12F3N3O.ClH/c1-18-11(6-16)10(7-17-18)8-3-2-4-9(5-8)19-12(13,14)15;/h2-5,7H,6,16H2,1H3;1H. The molecule has 2 N–H and O–H groups in total. The molecule has 20 heavy (non-hydrogen) atoms. The Labute approximate surface area is 119 Å². The molecule has 8 heteroatoms. The minimum Gasteiger partial charge on any atom is -0.406 e. The van der Waals surface area contributed by atoms with Gasteiger partial charge in [-0.05, 0) is 17.7 Å².